The van der Waals surface area contributed by atoms with Crippen LogP contribution in [-0.2, 0) is 0 Å². The monoisotopic (exact) mass is 306 g/mol. The van der Waals surface area contributed by atoms with Gasteiger partial charge in [0, 0.05) is 22.8 Å². The predicted molar refractivity (Wildman–Crippen MR) is 79.5 cm³/mol. The minimum absolute atomic E-state index is 0.0556. The lowest BCUT2D eigenvalue weighted by molar-refractivity contribution is -0.384. The van der Waals surface area contributed by atoms with Gasteiger partial charge in [0.25, 0.3) is 5.69 Å². The molecule has 0 aromatic heterocycles. The standard InChI is InChI=1S/C14H11ClN2O4/c1-8-2-3-9(15)6-12(8)16-13-7-10(17(20)21)4-5-11(13)14(18)19/h2-7,16H,1H3,(H,18,19). The highest BCUT2D eigenvalue weighted by molar-refractivity contribution is 6.30. The van der Waals surface area contributed by atoms with Gasteiger partial charge in [-0.1, -0.05) is 17.7 Å². The number of non-ortho nitro benzene ring substituents is 1. The third-order valence-corrected chi connectivity index (χ3v) is 3.15. The van der Waals surface area contributed by atoms with Crippen LogP contribution in [0.4, 0.5) is 17.1 Å². The van der Waals surface area contributed by atoms with Crippen LogP contribution >= 0.6 is 11.6 Å². The second-order valence-corrected chi connectivity index (χ2v) is 4.81. The third-order valence-electron chi connectivity index (χ3n) is 2.91. The Morgan fingerprint density at radius 3 is 2.57 bits per heavy atom. The number of carboxylic acids is 1. The van der Waals surface area contributed by atoms with E-state index in [9.17, 15) is 14.9 Å². The molecule has 0 fully saturated rings. The average Bonchev–Trinajstić information content (AvgIpc) is 2.42. The highest BCUT2D eigenvalue weighted by Crippen LogP contribution is 2.29. The molecule has 0 spiro atoms. The van der Waals surface area contributed by atoms with Gasteiger partial charge in [0.05, 0.1) is 16.2 Å². The van der Waals surface area contributed by atoms with E-state index in [-0.39, 0.29) is 16.9 Å². The molecule has 2 N–H and O–H groups in total. The van der Waals surface area contributed by atoms with Crippen molar-refractivity contribution in [3.63, 3.8) is 0 Å². The molecule has 2 aromatic rings. The fourth-order valence-corrected chi connectivity index (χ4v) is 1.98. The Labute approximate surface area is 125 Å². The molecule has 0 bridgehead atoms. The summed E-state index contributed by atoms with van der Waals surface area (Å²) < 4.78 is 0. The summed E-state index contributed by atoms with van der Waals surface area (Å²) in [6.45, 7) is 1.82. The number of nitrogens with one attached hydrogen (secondary N) is 1. The maximum atomic E-state index is 11.2. The van der Waals surface area contributed by atoms with Crippen molar-refractivity contribution in [2.75, 3.05) is 5.32 Å². The fraction of sp³-hybridized carbons (Fsp3) is 0.0714. The number of nitro groups is 1. The fourth-order valence-electron chi connectivity index (χ4n) is 1.81. The number of nitrogens with zero attached hydrogens (tertiary/aromatic N) is 1. The number of anilines is 2. The Hall–Kier alpha value is -2.60. The van der Waals surface area contributed by atoms with Gasteiger partial charge in [0.15, 0.2) is 0 Å². The van der Waals surface area contributed by atoms with E-state index < -0.39 is 10.9 Å². The van der Waals surface area contributed by atoms with E-state index in [1.807, 2.05) is 6.92 Å². The molecule has 0 aliphatic rings. The number of halogens is 1. The van der Waals surface area contributed by atoms with Crippen LogP contribution in [0.5, 0.6) is 0 Å². The van der Waals surface area contributed by atoms with Crippen molar-refractivity contribution in [1.82, 2.24) is 0 Å². The summed E-state index contributed by atoms with van der Waals surface area (Å²) in [4.78, 5) is 21.4. The Balaban J connectivity index is 2.50. The van der Waals surface area contributed by atoms with Crippen LogP contribution in [0, 0.1) is 17.0 Å². The van der Waals surface area contributed by atoms with Crippen LogP contribution < -0.4 is 5.32 Å². The molecule has 0 heterocycles. The highest BCUT2D eigenvalue weighted by atomic mass is 35.5. The van der Waals surface area contributed by atoms with Crippen molar-refractivity contribution in [2.24, 2.45) is 0 Å². The second kappa shape index (κ2) is 5.80. The molecule has 6 nitrogen and oxygen atoms in total. The van der Waals surface area contributed by atoms with E-state index in [1.165, 1.54) is 12.1 Å². The van der Waals surface area contributed by atoms with Crippen molar-refractivity contribution in [3.8, 4) is 0 Å². The smallest absolute Gasteiger partial charge is 0.337 e. The maximum absolute atomic E-state index is 11.2. The number of aryl methyl sites for hydroxylation is 1. The number of nitro benzene ring substituents is 1. The third kappa shape index (κ3) is 3.29. The molecule has 0 unspecified atom stereocenters. The van der Waals surface area contributed by atoms with Crippen molar-refractivity contribution < 1.29 is 14.8 Å². The Morgan fingerprint density at radius 2 is 1.95 bits per heavy atom. The van der Waals surface area contributed by atoms with Gasteiger partial charge < -0.3 is 10.4 Å². The number of carboxylic acid groups (broad SMARTS) is 1. The number of hydrogen-bond acceptors (Lipinski definition) is 4. The molecule has 2 aromatic carbocycles. The maximum Gasteiger partial charge on any atom is 0.337 e. The van der Waals surface area contributed by atoms with Gasteiger partial charge in [0.2, 0.25) is 0 Å². The summed E-state index contributed by atoms with van der Waals surface area (Å²) in [5, 5.41) is 23.3. The Morgan fingerprint density at radius 1 is 1.24 bits per heavy atom. The first kappa shape index (κ1) is 14.8. The molecule has 2 rings (SSSR count). The van der Waals surface area contributed by atoms with Crippen LogP contribution in [0.25, 0.3) is 0 Å². The van der Waals surface area contributed by atoms with Gasteiger partial charge in [-0.25, -0.2) is 4.79 Å². The molecule has 0 aliphatic heterocycles. The zero-order chi connectivity index (χ0) is 15.6. The van der Waals surface area contributed by atoms with Crippen molar-refractivity contribution in [3.05, 3.63) is 62.7 Å². The normalized spacial score (nSPS) is 10.2. The van der Waals surface area contributed by atoms with Gasteiger partial charge in [-0.2, -0.15) is 0 Å². The molecule has 108 valence electrons. The average molecular weight is 307 g/mol. The number of carbonyl (C=O) groups is 1. The summed E-state index contributed by atoms with van der Waals surface area (Å²) in [6, 6.07) is 8.63. The quantitative estimate of drug-likeness (QED) is 0.658. The molecule has 7 heteroatoms. The molecule has 0 aliphatic carbocycles. The first-order chi connectivity index (χ1) is 9.88. The zero-order valence-corrected chi connectivity index (χ0v) is 11.7. The van der Waals surface area contributed by atoms with E-state index in [4.69, 9.17) is 16.7 Å². The largest absolute Gasteiger partial charge is 0.478 e. The number of benzene rings is 2. The summed E-state index contributed by atoms with van der Waals surface area (Å²) in [7, 11) is 0. The highest BCUT2D eigenvalue weighted by Gasteiger charge is 2.16. The lowest BCUT2D eigenvalue weighted by atomic mass is 10.1. The minimum atomic E-state index is -1.17. The lowest BCUT2D eigenvalue weighted by Gasteiger charge is -2.12. The second-order valence-electron chi connectivity index (χ2n) is 4.38. The van der Waals surface area contributed by atoms with Crippen molar-refractivity contribution in [1.29, 1.82) is 0 Å². The van der Waals surface area contributed by atoms with Gasteiger partial charge in [-0.3, -0.25) is 10.1 Å². The SMILES string of the molecule is Cc1ccc(Cl)cc1Nc1cc([N+](=O)[O-])ccc1C(=O)O. The number of rotatable bonds is 4. The minimum Gasteiger partial charge on any atom is -0.478 e. The molecule has 0 amide bonds. The van der Waals surface area contributed by atoms with Crippen LogP contribution in [0.2, 0.25) is 5.02 Å². The number of hydrogen-bond donors (Lipinski definition) is 2. The Kier molecular flexibility index (Phi) is 4.09. The van der Waals surface area contributed by atoms with E-state index >= 15 is 0 Å². The topological polar surface area (TPSA) is 92.5 Å². The Bertz CT molecular complexity index is 731. The molecule has 0 saturated carbocycles. The summed E-state index contributed by atoms with van der Waals surface area (Å²) in [5.41, 5.74) is 1.32. The van der Waals surface area contributed by atoms with E-state index in [1.54, 1.807) is 18.2 Å². The summed E-state index contributed by atoms with van der Waals surface area (Å²) in [5.74, 6) is -1.17. The van der Waals surface area contributed by atoms with Crippen LogP contribution in [-0.4, -0.2) is 16.0 Å². The van der Waals surface area contributed by atoms with Gasteiger partial charge in [0.1, 0.15) is 0 Å². The van der Waals surface area contributed by atoms with E-state index in [0.29, 0.717) is 10.7 Å². The van der Waals surface area contributed by atoms with Crippen molar-refractivity contribution in [2.45, 2.75) is 6.92 Å². The predicted octanol–water partition coefficient (Wildman–Crippen LogP) is 4.00. The van der Waals surface area contributed by atoms with Crippen LogP contribution in [0.1, 0.15) is 15.9 Å². The van der Waals surface area contributed by atoms with E-state index in [2.05, 4.69) is 5.32 Å². The molecule has 0 saturated heterocycles. The van der Waals surface area contributed by atoms with Crippen LogP contribution in [0.15, 0.2) is 36.4 Å². The number of aromatic carboxylic acids is 1. The van der Waals surface area contributed by atoms with Gasteiger partial charge in [-0.15, -0.1) is 0 Å². The van der Waals surface area contributed by atoms with Gasteiger partial charge >= 0.3 is 5.97 Å². The molecular formula is C14H11ClN2O4. The van der Waals surface area contributed by atoms with E-state index in [0.717, 1.165) is 11.6 Å². The van der Waals surface area contributed by atoms with Crippen LogP contribution in [0.3, 0.4) is 0 Å². The molecular weight excluding hydrogens is 296 g/mol. The summed E-state index contributed by atoms with van der Waals surface area (Å²) >= 11 is 5.90. The lowest BCUT2D eigenvalue weighted by Crippen LogP contribution is -2.04. The first-order valence-electron chi connectivity index (χ1n) is 5.93. The molecule has 0 atom stereocenters. The molecule has 21 heavy (non-hydrogen) atoms. The van der Waals surface area contributed by atoms with Crippen molar-refractivity contribution >= 4 is 34.6 Å². The van der Waals surface area contributed by atoms with Gasteiger partial charge in [-0.05, 0) is 30.7 Å². The summed E-state index contributed by atoms with van der Waals surface area (Å²) in [6.07, 6.45) is 0. The first-order valence-corrected chi connectivity index (χ1v) is 6.31. The molecule has 0 radical (unpaired) electrons. The zero-order valence-electron chi connectivity index (χ0n) is 11.0.